The van der Waals surface area contributed by atoms with Gasteiger partial charge < -0.3 is 30.0 Å². The fourth-order valence-electron chi connectivity index (χ4n) is 6.70. The van der Waals surface area contributed by atoms with Crippen LogP contribution in [-0.2, 0) is 9.47 Å². The highest BCUT2D eigenvalue weighted by Gasteiger charge is 2.34. The zero-order valence-corrected chi connectivity index (χ0v) is 28.5. The molecule has 2 atom stereocenters. The third kappa shape index (κ3) is 6.22. The van der Waals surface area contributed by atoms with Crippen LogP contribution in [0, 0.1) is 12.7 Å². The zero-order chi connectivity index (χ0) is 33.0. The Morgan fingerprint density at radius 2 is 1.94 bits per heavy atom. The number of aromatic hydroxyl groups is 1. The van der Waals surface area contributed by atoms with Crippen molar-refractivity contribution in [1.82, 2.24) is 24.6 Å². The molecule has 1 amide bonds. The smallest absolute Gasteiger partial charge is 0.409 e. The average Bonchev–Trinajstić information content (AvgIpc) is 3.63. The molecule has 1 unspecified atom stereocenters. The number of nitrogen functional groups attached to an aromatic ring is 1. The molecule has 3 aliphatic rings. The maximum Gasteiger partial charge on any atom is 0.409 e. The lowest BCUT2D eigenvalue weighted by Gasteiger charge is -2.24. The summed E-state index contributed by atoms with van der Waals surface area (Å²) in [6.07, 6.45) is 6.04. The molecule has 0 radical (unpaired) electrons. The van der Waals surface area contributed by atoms with Gasteiger partial charge in [-0.15, -0.1) is 0 Å². The Kier molecular flexibility index (Phi) is 8.23. The topological polar surface area (TPSA) is 138 Å². The summed E-state index contributed by atoms with van der Waals surface area (Å²) in [5.74, 6) is -0.112. The first-order valence-corrected chi connectivity index (χ1v) is 20.4. The first-order valence-electron chi connectivity index (χ1n) is 16.7. The normalized spacial score (nSPS) is 20.3. The number of nitrogens with two attached hydrogens (primary N) is 1. The van der Waals surface area contributed by atoms with Crippen LogP contribution in [0.25, 0.3) is 32.9 Å². The van der Waals surface area contributed by atoms with Gasteiger partial charge in [-0.25, -0.2) is 13.9 Å². The van der Waals surface area contributed by atoms with Gasteiger partial charge in [0.15, 0.2) is 6.23 Å². The number of phenolic OH excluding ortho intramolecular Hbond substituents is 1. The number of hydrogen-bond donors (Lipinski definition) is 2. The van der Waals surface area contributed by atoms with E-state index in [1.54, 1.807) is 22.7 Å². The second-order valence-corrected chi connectivity index (χ2v) is 20.0. The van der Waals surface area contributed by atoms with Gasteiger partial charge >= 0.3 is 12.1 Å². The SMILES string of the molecule is Cc1c(F)cc2c(cnn2C2CCCCO2)c1-c1c(C2CC2)cc2c(N)nc(O[C@H]3CCN(C(=O)OCC[Si](C)(C)C)C3)nc2c1O. The number of carbonyl (C=O) groups excluding carboxylic acids is 1. The van der Waals surface area contributed by atoms with Crippen LogP contribution in [0.2, 0.25) is 25.7 Å². The van der Waals surface area contributed by atoms with E-state index in [9.17, 15) is 9.90 Å². The summed E-state index contributed by atoms with van der Waals surface area (Å²) in [6, 6.07) is 4.35. The molecule has 0 spiro atoms. The molecule has 13 heteroatoms. The fraction of sp³-hybridized carbons (Fsp3) is 0.529. The van der Waals surface area contributed by atoms with Gasteiger partial charge in [0.05, 0.1) is 24.9 Å². The van der Waals surface area contributed by atoms with Gasteiger partial charge in [0.1, 0.15) is 29.0 Å². The Labute approximate surface area is 274 Å². The highest BCUT2D eigenvalue weighted by atomic mass is 28.3. The van der Waals surface area contributed by atoms with Crippen molar-refractivity contribution in [3.05, 3.63) is 35.3 Å². The molecule has 1 aliphatic carbocycles. The van der Waals surface area contributed by atoms with Gasteiger partial charge in [0.2, 0.25) is 0 Å². The lowest BCUT2D eigenvalue weighted by molar-refractivity contribution is -0.0366. The van der Waals surface area contributed by atoms with Crippen molar-refractivity contribution >= 4 is 41.8 Å². The Morgan fingerprint density at radius 3 is 2.66 bits per heavy atom. The van der Waals surface area contributed by atoms with E-state index in [2.05, 4.69) is 34.7 Å². The van der Waals surface area contributed by atoms with Gasteiger partial charge in [-0.2, -0.15) is 15.1 Å². The number of aromatic nitrogens is 4. The lowest BCUT2D eigenvalue weighted by atomic mass is 9.89. The molecule has 4 heterocycles. The Hall–Kier alpha value is -3.97. The Balaban J connectivity index is 1.23. The number of amides is 1. The molecule has 47 heavy (non-hydrogen) atoms. The summed E-state index contributed by atoms with van der Waals surface area (Å²) in [6.45, 7) is 10.3. The number of nitrogens with zero attached hydrogens (tertiary/aromatic N) is 5. The lowest BCUT2D eigenvalue weighted by Crippen LogP contribution is -2.33. The van der Waals surface area contributed by atoms with Crippen LogP contribution < -0.4 is 10.5 Å². The van der Waals surface area contributed by atoms with Crippen molar-refractivity contribution < 1.29 is 28.5 Å². The van der Waals surface area contributed by atoms with Crippen LogP contribution in [0.1, 0.15) is 61.8 Å². The first kappa shape index (κ1) is 31.6. The van der Waals surface area contributed by atoms with Crippen molar-refractivity contribution in [3.8, 4) is 22.9 Å². The molecule has 1 saturated carbocycles. The van der Waals surface area contributed by atoms with Crippen LogP contribution in [0.15, 0.2) is 18.3 Å². The number of ether oxygens (including phenoxy) is 3. The van der Waals surface area contributed by atoms with Gasteiger partial charge in [0, 0.05) is 55.6 Å². The number of benzene rings is 2. The summed E-state index contributed by atoms with van der Waals surface area (Å²) < 4.78 is 35.1. The summed E-state index contributed by atoms with van der Waals surface area (Å²) in [5, 5.41) is 17.9. The monoisotopic (exact) mass is 662 g/mol. The van der Waals surface area contributed by atoms with Gasteiger partial charge in [0.25, 0.3) is 0 Å². The molecule has 2 saturated heterocycles. The molecule has 2 aromatic carbocycles. The van der Waals surface area contributed by atoms with Crippen LogP contribution >= 0.6 is 0 Å². The van der Waals surface area contributed by atoms with E-state index in [1.165, 1.54) is 6.07 Å². The average molecular weight is 663 g/mol. The van der Waals surface area contributed by atoms with E-state index in [0.717, 1.165) is 49.1 Å². The number of anilines is 1. The van der Waals surface area contributed by atoms with Crippen molar-refractivity contribution in [2.75, 3.05) is 32.0 Å². The maximum atomic E-state index is 15.7. The van der Waals surface area contributed by atoms with Crippen molar-refractivity contribution in [2.24, 2.45) is 0 Å². The van der Waals surface area contributed by atoms with E-state index in [4.69, 9.17) is 19.9 Å². The molecule has 2 aliphatic heterocycles. The highest BCUT2D eigenvalue weighted by Crippen LogP contribution is 2.52. The molecule has 3 N–H and O–H groups in total. The molecule has 11 nitrogen and oxygen atoms in total. The summed E-state index contributed by atoms with van der Waals surface area (Å²) in [4.78, 5) is 23.3. The number of carbonyl (C=O) groups is 1. The number of phenols is 1. The number of likely N-dealkylation sites (tertiary alicyclic amines) is 1. The number of fused-ring (bicyclic) bond motifs is 2. The zero-order valence-electron chi connectivity index (χ0n) is 27.5. The summed E-state index contributed by atoms with van der Waals surface area (Å²) >= 11 is 0. The molecule has 0 bridgehead atoms. The van der Waals surface area contributed by atoms with Crippen LogP contribution in [0.4, 0.5) is 15.0 Å². The van der Waals surface area contributed by atoms with Crippen LogP contribution in [-0.4, -0.2) is 76.3 Å². The minimum absolute atomic E-state index is 0.0118. The van der Waals surface area contributed by atoms with E-state index in [1.807, 2.05) is 6.07 Å². The largest absolute Gasteiger partial charge is 0.505 e. The minimum atomic E-state index is -1.32. The highest BCUT2D eigenvalue weighted by molar-refractivity contribution is 6.76. The standard InChI is InChI=1S/C34H43FN6O5Si/c1-19-25(35)16-26-24(17-37-41(26)27-7-5-6-12-44-27)28(19)29-22(20-8-9-20)15-23-30(31(29)42)38-33(39-32(23)36)46-21-10-11-40(18-21)34(43)45-13-14-47(2,3)4/h15-17,20-21,27,42H,5-14,18H2,1-4H3,(H2,36,38,39)/t21-,27?/m0/s1. The molecular formula is C34H43FN6O5Si. The fourth-order valence-corrected chi connectivity index (χ4v) is 7.42. The summed E-state index contributed by atoms with van der Waals surface area (Å²) in [7, 11) is -1.32. The summed E-state index contributed by atoms with van der Waals surface area (Å²) in [5.41, 5.74) is 9.73. The van der Waals surface area contributed by atoms with Crippen molar-refractivity contribution in [2.45, 2.75) is 89.4 Å². The molecule has 4 aromatic rings. The van der Waals surface area contributed by atoms with E-state index < -0.39 is 8.07 Å². The molecule has 7 rings (SSSR count). The van der Waals surface area contributed by atoms with Gasteiger partial charge in [-0.3, -0.25) is 0 Å². The molecule has 2 aromatic heterocycles. The molecular weight excluding hydrogens is 619 g/mol. The third-order valence-corrected chi connectivity index (χ3v) is 11.3. The second-order valence-electron chi connectivity index (χ2n) is 14.4. The first-order chi connectivity index (χ1) is 22.5. The van der Waals surface area contributed by atoms with Crippen LogP contribution in [0.5, 0.6) is 11.8 Å². The Morgan fingerprint density at radius 1 is 1.13 bits per heavy atom. The van der Waals surface area contributed by atoms with E-state index in [0.29, 0.717) is 60.3 Å². The van der Waals surface area contributed by atoms with E-state index in [-0.39, 0.29) is 53.3 Å². The van der Waals surface area contributed by atoms with Crippen LogP contribution in [0.3, 0.4) is 0 Å². The molecule has 250 valence electrons. The predicted molar refractivity (Wildman–Crippen MR) is 180 cm³/mol. The Bertz CT molecular complexity index is 1850. The third-order valence-electron chi connectivity index (χ3n) is 9.55. The minimum Gasteiger partial charge on any atom is -0.505 e. The van der Waals surface area contributed by atoms with Crippen molar-refractivity contribution in [3.63, 3.8) is 0 Å². The second kappa shape index (κ2) is 12.2. The number of halogens is 1. The maximum absolute atomic E-state index is 15.7. The number of hydrogen-bond acceptors (Lipinski definition) is 9. The predicted octanol–water partition coefficient (Wildman–Crippen LogP) is 6.89. The van der Waals surface area contributed by atoms with Gasteiger partial charge in [-0.05, 0) is 68.2 Å². The van der Waals surface area contributed by atoms with Crippen molar-refractivity contribution in [1.29, 1.82) is 0 Å². The number of rotatable bonds is 8. The molecule has 3 fully saturated rings. The van der Waals surface area contributed by atoms with Gasteiger partial charge in [-0.1, -0.05) is 19.6 Å². The quantitative estimate of drug-likeness (QED) is 0.193. The van der Waals surface area contributed by atoms with E-state index >= 15 is 4.39 Å².